The van der Waals surface area contributed by atoms with E-state index in [9.17, 15) is 43.8 Å². The zero-order chi connectivity index (χ0) is 79.3. The number of rotatable bonds is 18. The molecule has 9 heterocycles. The molecule has 0 aliphatic heterocycles. The van der Waals surface area contributed by atoms with Crippen LogP contribution in [0.15, 0.2) is 212 Å². The minimum atomic E-state index is -1.13. The monoisotopic (exact) mass is 1550 g/mol. The molecule has 0 spiro atoms. The number of nitrogens with one attached hydrogen (secondary N) is 2. The molecule has 0 saturated heterocycles. The summed E-state index contributed by atoms with van der Waals surface area (Å²) in [4.78, 5) is 95.4. The van der Waals surface area contributed by atoms with Gasteiger partial charge in [0.25, 0.3) is 5.91 Å². The summed E-state index contributed by atoms with van der Waals surface area (Å²) in [7, 11) is 0. The Morgan fingerprint density at radius 3 is 1.72 bits per heavy atom. The van der Waals surface area contributed by atoms with Gasteiger partial charge in [0.2, 0.25) is 0 Å². The lowest BCUT2D eigenvalue weighted by Crippen LogP contribution is -2.48. The number of carboxylic acid groups (broad SMARTS) is 6. The van der Waals surface area contributed by atoms with Gasteiger partial charge in [-0.3, -0.25) is 9.78 Å². The van der Waals surface area contributed by atoms with Crippen LogP contribution in [0.1, 0.15) is 126 Å². The van der Waals surface area contributed by atoms with Gasteiger partial charge in [-0.05, 0) is 124 Å². The normalized spacial score (nSPS) is 12.3. The number of aromatic nitrogens is 14. The second kappa shape index (κ2) is 37.9. The Labute approximate surface area is 644 Å². The lowest BCUT2D eigenvalue weighted by Gasteiger charge is -2.18. The van der Waals surface area contributed by atoms with Gasteiger partial charge >= 0.3 is 35.8 Å². The standard InChI is InChI=1S/C13H18N2O2.C13H11NO2S.C11H7N3O2S.C11H11N3O2.C11H9NO2S.C10H9N3O2.C9H7N3O2/c14-11(8-9-4-2-1-3-5-9)12(16)13(17)15-10-6-7-10;15-13(16)11-10(8-4-2-1-3-5-8)14-12(17-11)9-6-7-9;15-11(16)9-10(12-6-17-9)14-5-7-3-1-2-4-8(7)13-14;1-7-4-3-5-12-10(7)14-9(11(15)16)6-8(2)13-14;1-7-9(11(13)14)10(15-12-7)8-5-3-2-4-6-8;1-7-5-9(10(14)15)13(12-7)8-3-2-4-11-6-8;13-9(14)8-7(10-12-11-8)6-4-2-1-3-5-6/h1-5,10-12,16H,6-8,14H2,(H,15,17);1-5,9H,6-7H2,(H,15,16);1-6H,(H,15,16);3-6H,1-2H3,(H,15,16);2-6H,1H3,(H,13,14);2-6H,1H3,(H,14,15);1-5H,(H,13,14)(H,10,11,12)/t11-,12?;;;;;;/m0....../s1. The highest BCUT2D eigenvalue weighted by atomic mass is 32.1. The molecular formula is C78H72N16O14S3. The van der Waals surface area contributed by atoms with Crippen molar-refractivity contribution < 1.29 is 69.3 Å². The number of H-pyrrole nitrogens is 1. The number of carboxylic acids is 6. The number of nitrogens with two attached hydrogens (primary N) is 1. The average molecular weight is 1550 g/mol. The first kappa shape index (κ1) is 80.1. The molecule has 1 unspecified atom stereocenters. The largest absolute Gasteiger partial charge is 0.478 e. The predicted octanol–water partition coefficient (Wildman–Crippen LogP) is 12.6. The van der Waals surface area contributed by atoms with Crippen LogP contribution in [0.5, 0.6) is 0 Å². The highest BCUT2D eigenvalue weighted by Crippen LogP contribution is 2.44. The van der Waals surface area contributed by atoms with Crippen LogP contribution in [0.2, 0.25) is 0 Å². The highest BCUT2D eigenvalue weighted by molar-refractivity contribution is 7.14. The fourth-order valence-corrected chi connectivity index (χ4v) is 13.1. The van der Waals surface area contributed by atoms with Gasteiger partial charge in [-0.2, -0.15) is 30.0 Å². The number of aromatic carboxylic acids is 6. The molecule has 16 rings (SSSR count). The average Bonchev–Trinajstić information content (AvgIpc) is 1.66. The third kappa shape index (κ3) is 21.7. The maximum atomic E-state index is 11.6. The molecule has 9 aromatic heterocycles. The van der Waals surface area contributed by atoms with Gasteiger partial charge in [0.1, 0.15) is 22.2 Å². The molecule has 566 valence electrons. The molecule has 1 amide bonds. The Morgan fingerprint density at radius 1 is 0.586 bits per heavy atom. The van der Waals surface area contributed by atoms with Crippen molar-refractivity contribution >= 4 is 86.8 Å². The number of aromatic amines is 1. The lowest BCUT2D eigenvalue weighted by atomic mass is 10.0. The van der Waals surface area contributed by atoms with E-state index in [0.29, 0.717) is 68.6 Å². The van der Waals surface area contributed by atoms with E-state index in [0.717, 1.165) is 85.6 Å². The number of hydrogen-bond donors (Lipinski definition) is 10. The summed E-state index contributed by atoms with van der Waals surface area (Å²) >= 11 is 3.64. The third-order valence-electron chi connectivity index (χ3n) is 16.2. The molecule has 5 aromatic carbocycles. The number of benzene rings is 5. The Kier molecular flexibility index (Phi) is 27.3. The molecule has 2 aliphatic carbocycles. The number of aliphatic hydroxyl groups is 1. The first-order chi connectivity index (χ1) is 53.4. The van der Waals surface area contributed by atoms with Gasteiger partial charge < -0.3 is 46.8 Å². The molecule has 33 heteroatoms. The number of aliphatic hydroxyl groups excluding tert-OH is 1. The summed E-state index contributed by atoms with van der Waals surface area (Å²) in [6.45, 7) is 7.08. The zero-order valence-corrected chi connectivity index (χ0v) is 62.1. The SMILES string of the molecule is Cc1cc(C(=O)O)n(-c2cccnc2)n1.Cc1cc(C(=O)O)n(-c2ncccc2C)n1.Cc1nsc(-c2ccccc2)c1C(=O)O.N[C@@H](Cc1ccccc1)C(O)C(=O)NC1CC1.O=C(O)c1n[nH]nc1-c1ccccc1.O=C(O)c1sc(C2CC2)nc1-c1ccccc1.O=C(O)c1scnc1-n1cc2ccccc2n1. The van der Waals surface area contributed by atoms with Crippen molar-refractivity contribution in [2.45, 2.75) is 83.9 Å². The number of amides is 1. The molecule has 30 nitrogen and oxygen atoms in total. The van der Waals surface area contributed by atoms with Crippen LogP contribution in [0.3, 0.4) is 0 Å². The third-order valence-corrected chi connectivity index (χ3v) is 19.2. The first-order valence-electron chi connectivity index (χ1n) is 34.0. The van der Waals surface area contributed by atoms with Crippen LogP contribution >= 0.6 is 34.2 Å². The number of carbonyl (C=O) groups is 7. The fraction of sp³-hybridized carbons (Fsp3) is 0.167. The topological polar surface area (TPSA) is 459 Å². The number of nitrogens with zero attached hydrogens (tertiary/aromatic N) is 13. The maximum Gasteiger partial charge on any atom is 0.358 e. The first-order valence-corrected chi connectivity index (χ1v) is 36.5. The number of thiazole rings is 2. The molecule has 0 radical (unpaired) electrons. The minimum absolute atomic E-state index is 0.0591. The smallest absolute Gasteiger partial charge is 0.358 e. The van der Waals surface area contributed by atoms with Gasteiger partial charge in [0, 0.05) is 53.1 Å². The van der Waals surface area contributed by atoms with Crippen molar-refractivity contribution in [3.05, 3.63) is 278 Å². The number of pyridine rings is 2. The van der Waals surface area contributed by atoms with E-state index < -0.39 is 48.0 Å². The molecule has 14 aromatic rings. The second-order valence-corrected chi connectivity index (χ2v) is 27.3. The lowest BCUT2D eigenvalue weighted by molar-refractivity contribution is -0.130. The van der Waals surface area contributed by atoms with Crippen molar-refractivity contribution in [3.63, 3.8) is 0 Å². The van der Waals surface area contributed by atoms with Gasteiger partial charge in [0.15, 0.2) is 33.6 Å². The van der Waals surface area contributed by atoms with Crippen LogP contribution in [0.4, 0.5) is 0 Å². The van der Waals surface area contributed by atoms with E-state index >= 15 is 0 Å². The van der Waals surface area contributed by atoms with Crippen molar-refractivity contribution in [1.29, 1.82) is 0 Å². The summed E-state index contributed by atoms with van der Waals surface area (Å²) in [5.74, 6) is -4.82. The Bertz CT molecular complexity index is 5440. The van der Waals surface area contributed by atoms with Crippen molar-refractivity contribution in [2.75, 3.05) is 0 Å². The minimum Gasteiger partial charge on any atom is -0.478 e. The Hall–Kier alpha value is -13.5. The Balaban J connectivity index is 0.000000138. The highest BCUT2D eigenvalue weighted by Gasteiger charge is 2.32. The van der Waals surface area contributed by atoms with Crippen LogP contribution in [0.25, 0.3) is 61.2 Å². The van der Waals surface area contributed by atoms with Gasteiger partial charge in [-0.25, -0.2) is 57.8 Å². The summed E-state index contributed by atoms with van der Waals surface area (Å²) < 4.78 is 8.30. The number of hydrogen-bond acceptors (Lipinski definition) is 22. The quantitative estimate of drug-likeness (QED) is 0.0381. The molecule has 0 bridgehead atoms. The summed E-state index contributed by atoms with van der Waals surface area (Å²) in [5, 5.41) is 90.7. The molecule has 11 N–H and O–H groups in total. The summed E-state index contributed by atoms with van der Waals surface area (Å²) in [6.07, 6.45) is 10.2. The number of aryl methyl sites for hydroxylation is 4. The summed E-state index contributed by atoms with van der Waals surface area (Å²) in [6, 6.07) is 55.1. The van der Waals surface area contributed by atoms with Crippen molar-refractivity contribution in [2.24, 2.45) is 5.73 Å². The summed E-state index contributed by atoms with van der Waals surface area (Å²) in [5.41, 5.74) is 16.6. The van der Waals surface area contributed by atoms with Gasteiger partial charge in [0.05, 0.1) is 55.6 Å². The molecule has 2 atom stereocenters. The molecule has 2 fully saturated rings. The molecular weight excluding hydrogens is 1480 g/mol. The van der Waals surface area contributed by atoms with E-state index in [2.05, 4.69) is 60.3 Å². The van der Waals surface area contributed by atoms with E-state index in [1.54, 1.807) is 75.9 Å². The van der Waals surface area contributed by atoms with Crippen molar-refractivity contribution in [3.8, 4) is 50.3 Å². The number of fused-ring (bicyclic) bond motifs is 1. The number of carbonyl (C=O) groups excluding carboxylic acids is 1. The molecule has 2 saturated carbocycles. The van der Waals surface area contributed by atoms with E-state index in [4.69, 9.17) is 31.3 Å². The maximum absolute atomic E-state index is 11.6. The second-order valence-electron chi connectivity index (χ2n) is 24.7. The van der Waals surface area contributed by atoms with Gasteiger partial charge in [-0.15, -0.1) is 27.8 Å². The Morgan fingerprint density at radius 2 is 1.16 bits per heavy atom. The zero-order valence-electron chi connectivity index (χ0n) is 59.7. The van der Waals surface area contributed by atoms with E-state index in [-0.39, 0.29) is 33.9 Å². The van der Waals surface area contributed by atoms with E-state index in [1.807, 2.05) is 146 Å². The molecule has 111 heavy (non-hydrogen) atoms. The van der Waals surface area contributed by atoms with E-state index in [1.165, 1.54) is 54.6 Å². The van der Waals surface area contributed by atoms with Crippen LogP contribution in [0, 0.1) is 27.7 Å². The van der Waals surface area contributed by atoms with Crippen LogP contribution < -0.4 is 11.1 Å². The van der Waals surface area contributed by atoms with Gasteiger partial charge in [-0.1, -0.05) is 146 Å². The molecule has 2 aliphatic rings. The predicted molar refractivity (Wildman–Crippen MR) is 414 cm³/mol. The van der Waals surface area contributed by atoms with Crippen LogP contribution in [-0.4, -0.2) is 165 Å². The van der Waals surface area contributed by atoms with Crippen molar-refractivity contribution in [1.82, 2.24) is 74.4 Å². The van der Waals surface area contributed by atoms with Crippen LogP contribution in [-0.2, 0) is 11.2 Å². The fourth-order valence-electron chi connectivity index (χ4n) is 10.5.